The van der Waals surface area contributed by atoms with Crippen molar-refractivity contribution in [3.63, 3.8) is 0 Å². The summed E-state index contributed by atoms with van der Waals surface area (Å²) in [6, 6.07) is 0. The summed E-state index contributed by atoms with van der Waals surface area (Å²) in [5.74, 6) is -0.0158. The Kier molecular flexibility index (Phi) is 2.97. The van der Waals surface area contributed by atoms with Crippen LogP contribution in [0.3, 0.4) is 0 Å². The van der Waals surface area contributed by atoms with E-state index in [1.165, 1.54) is 0 Å². The molecule has 2 saturated carbocycles. The standard InChI is InChI=1S/C11H17NO4/c1-2-16-10-7-11(12(14)15)5-3-4-8(11)6-9(10)13/h8,10H,2-7H2,1H3/t8-,10+,11-/m0/s1. The third-order valence-corrected chi connectivity index (χ3v) is 4.00. The minimum atomic E-state index is -0.881. The van der Waals surface area contributed by atoms with Gasteiger partial charge in [-0.15, -0.1) is 0 Å². The Bertz CT molecular complexity index is 317. The first-order valence-corrected chi connectivity index (χ1v) is 5.89. The maximum Gasteiger partial charge on any atom is 0.228 e. The molecule has 90 valence electrons. The van der Waals surface area contributed by atoms with Gasteiger partial charge in [0.1, 0.15) is 6.10 Å². The lowest BCUT2D eigenvalue weighted by molar-refractivity contribution is -0.581. The van der Waals surface area contributed by atoms with E-state index >= 15 is 0 Å². The fourth-order valence-electron chi connectivity index (χ4n) is 3.17. The minimum absolute atomic E-state index is 0.0474. The van der Waals surface area contributed by atoms with Crippen LogP contribution in [0.4, 0.5) is 0 Å². The number of hydrogen-bond acceptors (Lipinski definition) is 4. The molecule has 0 aromatic heterocycles. The molecular formula is C11H17NO4. The van der Waals surface area contributed by atoms with Gasteiger partial charge in [-0.2, -0.15) is 0 Å². The summed E-state index contributed by atoms with van der Waals surface area (Å²) in [5, 5.41) is 11.3. The molecule has 0 amide bonds. The van der Waals surface area contributed by atoms with E-state index in [0.29, 0.717) is 19.4 Å². The van der Waals surface area contributed by atoms with Crippen LogP contribution < -0.4 is 0 Å². The monoisotopic (exact) mass is 227 g/mol. The highest BCUT2D eigenvalue weighted by Gasteiger charge is 2.59. The van der Waals surface area contributed by atoms with Crippen LogP contribution in [0, 0.1) is 16.0 Å². The van der Waals surface area contributed by atoms with Crippen molar-refractivity contribution in [2.45, 2.75) is 50.7 Å². The molecule has 2 aliphatic carbocycles. The van der Waals surface area contributed by atoms with Crippen LogP contribution in [-0.4, -0.2) is 29.0 Å². The molecule has 0 aromatic carbocycles. The lowest BCUT2D eigenvalue weighted by Gasteiger charge is -2.34. The van der Waals surface area contributed by atoms with Gasteiger partial charge in [0, 0.05) is 30.3 Å². The van der Waals surface area contributed by atoms with Gasteiger partial charge in [-0.05, 0) is 19.8 Å². The Morgan fingerprint density at radius 1 is 1.62 bits per heavy atom. The first-order valence-electron chi connectivity index (χ1n) is 5.89. The molecule has 0 saturated heterocycles. The zero-order valence-electron chi connectivity index (χ0n) is 9.48. The molecule has 0 aromatic rings. The van der Waals surface area contributed by atoms with Crippen molar-refractivity contribution in [3.05, 3.63) is 10.1 Å². The van der Waals surface area contributed by atoms with E-state index in [-0.39, 0.29) is 23.0 Å². The Morgan fingerprint density at radius 2 is 2.38 bits per heavy atom. The third kappa shape index (κ3) is 1.63. The van der Waals surface area contributed by atoms with Crippen LogP contribution in [0.2, 0.25) is 0 Å². The van der Waals surface area contributed by atoms with Crippen LogP contribution in [0.1, 0.15) is 39.0 Å². The summed E-state index contributed by atoms with van der Waals surface area (Å²) in [7, 11) is 0. The predicted octanol–water partition coefficient (Wildman–Crippen LogP) is 1.57. The number of nitro groups is 1. The number of carbonyl (C=O) groups excluding carboxylic acids is 1. The summed E-state index contributed by atoms with van der Waals surface area (Å²) in [6.07, 6.45) is 2.32. The largest absolute Gasteiger partial charge is 0.370 e. The van der Waals surface area contributed by atoms with E-state index in [4.69, 9.17) is 4.74 Å². The summed E-state index contributed by atoms with van der Waals surface area (Å²) in [4.78, 5) is 22.8. The van der Waals surface area contributed by atoms with E-state index in [9.17, 15) is 14.9 Å². The second kappa shape index (κ2) is 4.13. The molecule has 5 nitrogen and oxygen atoms in total. The zero-order valence-corrected chi connectivity index (χ0v) is 9.48. The van der Waals surface area contributed by atoms with Crippen LogP contribution in [0.5, 0.6) is 0 Å². The molecule has 3 atom stereocenters. The number of carbonyl (C=O) groups is 1. The molecule has 0 N–H and O–H groups in total. The van der Waals surface area contributed by atoms with Crippen LogP contribution in [0.15, 0.2) is 0 Å². The number of ketones is 1. The second-order valence-corrected chi connectivity index (χ2v) is 4.77. The minimum Gasteiger partial charge on any atom is -0.370 e. The van der Waals surface area contributed by atoms with Gasteiger partial charge in [-0.25, -0.2) is 0 Å². The van der Waals surface area contributed by atoms with Crippen LogP contribution in [-0.2, 0) is 9.53 Å². The van der Waals surface area contributed by atoms with Crippen LogP contribution in [0.25, 0.3) is 0 Å². The maximum absolute atomic E-state index is 11.7. The smallest absolute Gasteiger partial charge is 0.228 e. The van der Waals surface area contributed by atoms with Gasteiger partial charge in [0.15, 0.2) is 5.78 Å². The van der Waals surface area contributed by atoms with Crippen molar-refractivity contribution in [2.75, 3.05) is 6.61 Å². The highest BCUT2D eigenvalue weighted by atomic mass is 16.6. The molecule has 2 fully saturated rings. The second-order valence-electron chi connectivity index (χ2n) is 4.77. The molecule has 0 radical (unpaired) electrons. The first-order chi connectivity index (χ1) is 7.60. The molecule has 5 heteroatoms. The molecule has 0 aliphatic heterocycles. The normalized spacial score (nSPS) is 38.4. The molecule has 0 heterocycles. The van der Waals surface area contributed by atoms with Crippen LogP contribution >= 0.6 is 0 Å². The van der Waals surface area contributed by atoms with Gasteiger partial charge in [-0.1, -0.05) is 0 Å². The number of fused-ring (bicyclic) bond motifs is 1. The predicted molar refractivity (Wildman–Crippen MR) is 56.7 cm³/mol. The Labute approximate surface area is 94.3 Å². The van der Waals surface area contributed by atoms with Gasteiger partial charge >= 0.3 is 0 Å². The number of rotatable bonds is 3. The molecule has 0 unspecified atom stereocenters. The summed E-state index contributed by atoms with van der Waals surface area (Å²) < 4.78 is 5.32. The van der Waals surface area contributed by atoms with Crippen molar-refractivity contribution in [1.29, 1.82) is 0 Å². The third-order valence-electron chi connectivity index (χ3n) is 4.00. The van der Waals surface area contributed by atoms with Gasteiger partial charge in [0.2, 0.25) is 5.54 Å². The van der Waals surface area contributed by atoms with Crippen molar-refractivity contribution < 1.29 is 14.5 Å². The SMILES string of the molecule is CCO[C@@H]1C[C@@]2([N+](=O)[O-])CCC[C@H]2CC1=O. The summed E-state index contributed by atoms with van der Waals surface area (Å²) in [6.45, 7) is 2.25. The average Bonchev–Trinajstić information content (AvgIpc) is 2.63. The number of Topliss-reactive ketones (excluding diaryl/α,β-unsaturated/α-hetero) is 1. The number of nitrogens with zero attached hydrogens (tertiary/aromatic N) is 1. The fourth-order valence-corrected chi connectivity index (χ4v) is 3.17. The van der Waals surface area contributed by atoms with Gasteiger partial charge < -0.3 is 4.74 Å². The quantitative estimate of drug-likeness (QED) is 0.542. The fraction of sp³-hybridized carbons (Fsp3) is 0.909. The molecular weight excluding hydrogens is 210 g/mol. The van der Waals surface area contributed by atoms with E-state index in [2.05, 4.69) is 0 Å². The lowest BCUT2D eigenvalue weighted by atomic mass is 9.73. The summed E-state index contributed by atoms with van der Waals surface area (Å²) in [5.41, 5.74) is -0.881. The van der Waals surface area contributed by atoms with E-state index in [1.54, 1.807) is 0 Å². The van der Waals surface area contributed by atoms with E-state index < -0.39 is 11.6 Å². The molecule has 2 rings (SSSR count). The van der Waals surface area contributed by atoms with Crippen molar-refractivity contribution in [1.82, 2.24) is 0 Å². The average molecular weight is 227 g/mol. The maximum atomic E-state index is 11.7. The van der Waals surface area contributed by atoms with Gasteiger partial charge in [0.25, 0.3) is 0 Å². The van der Waals surface area contributed by atoms with Crippen molar-refractivity contribution >= 4 is 5.78 Å². The Morgan fingerprint density at radius 3 is 3.00 bits per heavy atom. The number of hydrogen-bond donors (Lipinski definition) is 0. The lowest BCUT2D eigenvalue weighted by Crippen LogP contribution is -2.52. The summed E-state index contributed by atoms with van der Waals surface area (Å²) >= 11 is 0. The topological polar surface area (TPSA) is 69.4 Å². The highest BCUT2D eigenvalue weighted by molar-refractivity contribution is 5.84. The Hall–Kier alpha value is -0.970. The molecule has 0 spiro atoms. The Balaban J connectivity index is 2.21. The van der Waals surface area contributed by atoms with Crippen molar-refractivity contribution in [2.24, 2.45) is 5.92 Å². The van der Waals surface area contributed by atoms with Gasteiger partial charge in [-0.3, -0.25) is 14.9 Å². The highest BCUT2D eigenvalue weighted by Crippen LogP contribution is 2.47. The molecule has 16 heavy (non-hydrogen) atoms. The van der Waals surface area contributed by atoms with E-state index in [1.807, 2.05) is 6.92 Å². The molecule has 0 bridgehead atoms. The first kappa shape index (κ1) is 11.5. The number of ether oxygens (including phenoxy) is 1. The zero-order chi connectivity index (χ0) is 11.8. The molecule has 2 aliphatic rings. The van der Waals surface area contributed by atoms with E-state index in [0.717, 1.165) is 12.8 Å². The van der Waals surface area contributed by atoms with Gasteiger partial charge in [0.05, 0.1) is 6.42 Å². The van der Waals surface area contributed by atoms with Crippen molar-refractivity contribution in [3.8, 4) is 0 Å².